The molecule has 3 rings (SSSR count). The van der Waals surface area contributed by atoms with E-state index in [-0.39, 0.29) is 5.41 Å². The number of rotatable bonds is 4. The van der Waals surface area contributed by atoms with Gasteiger partial charge in [-0.05, 0) is 30.0 Å². The fourth-order valence-corrected chi connectivity index (χ4v) is 4.77. The number of nitrogens with zero attached hydrogens (tertiary/aromatic N) is 4. The standard InChI is InChI=1S/C20H30N4O2S/c1-16-17(14-21-22(16)5)15-23-10-12-24(13-11-23)27(25,26)19-8-6-18(7-9-19)20(2,3)4/h6-9,14H,10-13,15H2,1-5H3. The van der Waals surface area contributed by atoms with Gasteiger partial charge in [-0.3, -0.25) is 9.58 Å². The van der Waals surface area contributed by atoms with Crippen LogP contribution in [0.4, 0.5) is 0 Å². The summed E-state index contributed by atoms with van der Waals surface area (Å²) in [7, 11) is -1.50. The molecule has 6 nitrogen and oxygen atoms in total. The highest BCUT2D eigenvalue weighted by molar-refractivity contribution is 7.89. The van der Waals surface area contributed by atoms with Crippen molar-refractivity contribution in [3.63, 3.8) is 0 Å². The van der Waals surface area contributed by atoms with Crippen molar-refractivity contribution in [1.29, 1.82) is 0 Å². The van der Waals surface area contributed by atoms with Crippen LogP contribution < -0.4 is 0 Å². The van der Waals surface area contributed by atoms with Crippen molar-refractivity contribution in [2.24, 2.45) is 7.05 Å². The second-order valence-corrected chi connectivity index (χ2v) is 10.3. The third-order valence-electron chi connectivity index (χ3n) is 5.42. The van der Waals surface area contributed by atoms with Gasteiger partial charge in [0.15, 0.2) is 0 Å². The summed E-state index contributed by atoms with van der Waals surface area (Å²) in [4.78, 5) is 2.67. The molecule has 0 aliphatic carbocycles. The number of benzene rings is 1. The van der Waals surface area contributed by atoms with Crippen molar-refractivity contribution in [3.8, 4) is 0 Å². The van der Waals surface area contributed by atoms with E-state index in [1.807, 2.05) is 30.1 Å². The lowest BCUT2D eigenvalue weighted by Crippen LogP contribution is -2.48. The van der Waals surface area contributed by atoms with Crippen LogP contribution in [0.2, 0.25) is 0 Å². The monoisotopic (exact) mass is 390 g/mol. The summed E-state index contributed by atoms with van der Waals surface area (Å²) < 4.78 is 29.4. The highest BCUT2D eigenvalue weighted by Crippen LogP contribution is 2.25. The van der Waals surface area contributed by atoms with Crippen LogP contribution in [0.15, 0.2) is 35.4 Å². The van der Waals surface area contributed by atoms with E-state index in [0.29, 0.717) is 18.0 Å². The van der Waals surface area contributed by atoms with Crippen molar-refractivity contribution in [2.75, 3.05) is 26.2 Å². The van der Waals surface area contributed by atoms with Gasteiger partial charge in [0.1, 0.15) is 0 Å². The van der Waals surface area contributed by atoms with Gasteiger partial charge in [-0.1, -0.05) is 32.9 Å². The Morgan fingerprint density at radius 3 is 2.11 bits per heavy atom. The largest absolute Gasteiger partial charge is 0.296 e. The lowest BCUT2D eigenvalue weighted by Gasteiger charge is -2.34. The van der Waals surface area contributed by atoms with Crippen LogP contribution in [0.1, 0.15) is 37.6 Å². The number of sulfonamides is 1. The zero-order chi connectivity index (χ0) is 19.8. The van der Waals surface area contributed by atoms with E-state index in [4.69, 9.17) is 0 Å². The Kier molecular flexibility index (Phi) is 5.47. The molecule has 0 unspecified atom stereocenters. The molecule has 0 bridgehead atoms. The number of hydrogen-bond acceptors (Lipinski definition) is 4. The van der Waals surface area contributed by atoms with Gasteiger partial charge >= 0.3 is 0 Å². The van der Waals surface area contributed by atoms with Gasteiger partial charge in [0, 0.05) is 51.0 Å². The Hall–Kier alpha value is -1.70. The van der Waals surface area contributed by atoms with E-state index in [9.17, 15) is 8.42 Å². The van der Waals surface area contributed by atoms with Gasteiger partial charge < -0.3 is 0 Å². The minimum atomic E-state index is -3.43. The molecular weight excluding hydrogens is 360 g/mol. The van der Waals surface area contributed by atoms with Crippen LogP contribution in [0.25, 0.3) is 0 Å². The maximum Gasteiger partial charge on any atom is 0.243 e. The second-order valence-electron chi connectivity index (χ2n) is 8.33. The summed E-state index contributed by atoms with van der Waals surface area (Å²) in [5.74, 6) is 0. The number of aromatic nitrogens is 2. The lowest BCUT2D eigenvalue weighted by atomic mass is 9.87. The van der Waals surface area contributed by atoms with Crippen molar-refractivity contribution in [3.05, 3.63) is 47.3 Å². The summed E-state index contributed by atoms with van der Waals surface area (Å²) in [5.41, 5.74) is 3.51. The molecule has 0 atom stereocenters. The number of piperazine rings is 1. The fraction of sp³-hybridized carbons (Fsp3) is 0.550. The first-order chi connectivity index (χ1) is 12.6. The van der Waals surface area contributed by atoms with Gasteiger partial charge in [0.05, 0.1) is 11.1 Å². The molecule has 0 saturated carbocycles. The molecule has 7 heteroatoms. The normalized spacial score (nSPS) is 17.4. The van der Waals surface area contributed by atoms with E-state index in [1.54, 1.807) is 16.4 Å². The molecule has 148 valence electrons. The van der Waals surface area contributed by atoms with Crippen molar-refractivity contribution < 1.29 is 8.42 Å². The first kappa shape index (κ1) is 20.0. The first-order valence-corrected chi connectivity index (χ1v) is 10.8. The quantitative estimate of drug-likeness (QED) is 0.805. The van der Waals surface area contributed by atoms with E-state index in [1.165, 1.54) is 5.56 Å². The summed E-state index contributed by atoms with van der Waals surface area (Å²) in [6.07, 6.45) is 1.90. The maximum atomic E-state index is 13.0. The highest BCUT2D eigenvalue weighted by Gasteiger charge is 2.29. The molecule has 1 fully saturated rings. The molecule has 2 aromatic rings. The Balaban J connectivity index is 1.65. The Morgan fingerprint density at radius 2 is 1.63 bits per heavy atom. The van der Waals surface area contributed by atoms with Crippen molar-refractivity contribution >= 4 is 10.0 Å². The zero-order valence-corrected chi connectivity index (χ0v) is 17.8. The highest BCUT2D eigenvalue weighted by atomic mass is 32.2. The van der Waals surface area contributed by atoms with Crippen LogP contribution >= 0.6 is 0 Å². The predicted molar refractivity (Wildman–Crippen MR) is 107 cm³/mol. The van der Waals surface area contributed by atoms with Gasteiger partial charge in [0.25, 0.3) is 0 Å². The van der Waals surface area contributed by atoms with E-state index < -0.39 is 10.0 Å². The van der Waals surface area contributed by atoms with Crippen LogP contribution in [-0.4, -0.2) is 53.6 Å². The van der Waals surface area contributed by atoms with Gasteiger partial charge in [-0.15, -0.1) is 0 Å². The molecule has 0 radical (unpaired) electrons. The molecular formula is C20H30N4O2S. The average Bonchev–Trinajstić information content (AvgIpc) is 2.94. The predicted octanol–water partition coefficient (Wildman–Crippen LogP) is 2.53. The molecule has 27 heavy (non-hydrogen) atoms. The topological polar surface area (TPSA) is 58.4 Å². The first-order valence-electron chi connectivity index (χ1n) is 9.39. The molecule has 1 saturated heterocycles. The summed E-state index contributed by atoms with van der Waals surface area (Å²) in [5, 5.41) is 4.28. The van der Waals surface area contributed by atoms with Crippen LogP contribution in [0, 0.1) is 6.92 Å². The van der Waals surface area contributed by atoms with Gasteiger partial charge in [0.2, 0.25) is 10.0 Å². The van der Waals surface area contributed by atoms with Crippen LogP contribution in [0.5, 0.6) is 0 Å². The molecule has 0 amide bonds. The zero-order valence-electron chi connectivity index (χ0n) is 16.9. The SMILES string of the molecule is Cc1c(CN2CCN(S(=O)(=O)c3ccc(C(C)(C)C)cc3)CC2)cnn1C. The second kappa shape index (κ2) is 7.37. The molecule has 0 spiro atoms. The molecule has 2 heterocycles. The lowest BCUT2D eigenvalue weighted by molar-refractivity contribution is 0.181. The third-order valence-corrected chi connectivity index (χ3v) is 7.33. The van der Waals surface area contributed by atoms with Crippen LogP contribution in [-0.2, 0) is 29.0 Å². The van der Waals surface area contributed by atoms with Gasteiger partial charge in [-0.25, -0.2) is 8.42 Å². The summed E-state index contributed by atoms with van der Waals surface area (Å²) in [6.45, 7) is 11.7. The maximum absolute atomic E-state index is 13.0. The van der Waals surface area contributed by atoms with E-state index in [0.717, 1.165) is 30.9 Å². The molecule has 0 N–H and O–H groups in total. The average molecular weight is 391 g/mol. The third kappa shape index (κ3) is 4.25. The Morgan fingerprint density at radius 1 is 1.04 bits per heavy atom. The molecule has 1 aromatic heterocycles. The van der Waals surface area contributed by atoms with E-state index >= 15 is 0 Å². The number of hydrogen-bond donors (Lipinski definition) is 0. The Labute approximate surface area is 162 Å². The molecule has 1 aliphatic rings. The van der Waals surface area contributed by atoms with Crippen molar-refractivity contribution in [1.82, 2.24) is 19.0 Å². The molecule has 1 aliphatic heterocycles. The minimum absolute atomic E-state index is 0.0122. The van der Waals surface area contributed by atoms with E-state index in [2.05, 4.69) is 37.7 Å². The minimum Gasteiger partial charge on any atom is -0.296 e. The number of aryl methyl sites for hydroxylation is 1. The van der Waals surface area contributed by atoms with Gasteiger partial charge in [-0.2, -0.15) is 9.40 Å². The fourth-order valence-electron chi connectivity index (χ4n) is 3.34. The molecule has 1 aromatic carbocycles. The Bertz CT molecular complexity index is 887. The summed E-state index contributed by atoms with van der Waals surface area (Å²) >= 11 is 0. The smallest absolute Gasteiger partial charge is 0.243 e. The summed E-state index contributed by atoms with van der Waals surface area (Å²) in [6, 6.07) is 7.32. The van der Waals surface area contributed by atoms with Crippen LogP contribution in [0.3, 0.4) is 0 Å². The van der Waals surface area contributed by atoms with Crippen molar-refractivity contribution in [2.45, 2.75) is 44.6 Å².